The molecule has 1 aromatic carbocycles. The van der Waals surface area contributed by atoms with Crippen LogP contribution in [0.4, 0.5) is 5.69 Å². The molecule has 0 bridgehead atoms. The highest BCUT2D eigenvalue weighted by Crippen LogP contribution is 2.25. The lowest BCUT2D eigenvalue weighted by Crippen LogP contribution is -2.31. The Balaban J connectivity index is 2.98. The highest BCUT2D eigenvalue weighted by Gasteiger charge is 2.20. The molecule has 0 spiro atoms. The Hall–Kier alpha value is -1.31. The van der Waals surface area contributed by atoms with E-state index >= 15 is 0 Å². The molecular formula is C11H18N2O4S. The van der Waals surface area contributed by atoms with Crippen LogP contribution in [0.1, 0.15) is 6.92 Å². The molecule has 0 saturated heterocycles. The Morgan fingerprint density at radius 3 is 2.61 bits per heavy atom. The summed E-state index contributed by atoms with van der Waals surface area (Å²) in [7, 11) is -0.724. The number of nitrogens with two attached hydrogens (primary N) is 1. The molecule has 18 heavy (non-hydrogen) atoms. The first-order valence-electron chi connectivity index (χ1n) is 5.36. The van der Waals surface area contributed by atoms with Crippen molar-refractivity contribution >= 4 is 15.7 Å². The maximum absolute atomic E-state index is 12.1. The summed E-state index contributed by atoms with van der Waals surface area (Å²) in [5, 5.41) is 0. The summed E-state index contributed by atoms with van der Waals surface area (Å²) in [6.07, 6.45) is -0.209. The smallest absolute Gasteiger partial charge is 0.244 e. The van der Waals surface area contributed by atoms with Gasteiger partial charge in [-0.05, 0) is 19.1 Å². The van der Waals surface area contributed by atoms with Crippen LogP contribution in [0.5, 0.6) is 5.75 Å². The summed E-state index contributed by atoms with van der Waals surface area (Å²) in [4.78, 5) is 0.0579. The molecule has 0 heterocycles. The van der Waals surface area contributed by atoms with Crippen molar-refractivity contribution in [3.05, 3.63) is 18.2 Å². The van der Waals surface area contributed by atoms with E-state index in [1.165, 1.54) is 32.4 Å². The SMILES string of the molecule is COc1cc(N)ccc1S(=O)(=O)NCC(C)OC. The Bertz CT molecular complexity index is 502. The van der Waals surface area contributed by atoms with Gasteiger partial charge < -0.3 is 15.2 Å². The van der Waals surface area contributed by atoms with Gasteiger partial charge in [-0.15, -0.1) is 0 Å². The molecule has 1 unspecified atom stereocenters. The van der Waals surface area contributed by atoms with Gasteiger partial charge in [0.2, 0.25) is 10.0 Å². The van der Waals surface area contributed by atoms with Crippen LogP contribution < -0.4 is 15.2 Å². The standard InChI is InChI=1S/C11H18N2O4S/c1-8(16-2)7-13-18(14,15)11-5-4-9(12)6-10(11)17-3/h4-6,8,13H,7,12H2,1-3H3. The second-order valence-corrected chi connectivity index (χ2v) is 5.54. The van der Waals surface area contributed by atoms with Gasteiger partial charge in [0.25, 0.3) is 0 Å². The first-order valence-corrected chi connectivity index (χ1v) is 6.85. The maximum Gasteiger partial charge on any atom is 0.244 e. The number of benzene rings is 1. The van der Waals surface area contributed by atoms with Crippen LogP contribution in [0.3, 0.4) is 0 Å². The number of rotatable bonds is 6. The molecule has 0 aliphatic heterocycles. The molecule has 1 aromatic rings. The molecule has 0 aromatic heterocycles. The average Bonchev–Trinajstić information content (AvgIpc) is 2.35. The monoisotopic (exact) mass is 274 g/mol. The lowest BCUT2D eigenvalue weighted by Gasteiger charge is -2.13. The van der Waals surface area contributed by atoms with Gasteiger partial charge in [-0.1, -0.05) is 0 Å². The highest BCUT2D eigenvalue weighted by atomic mass is 32.2. The first kappa shape index (κ1) is 14.7. The zero-order valence-corrected chi connectivity index (χ0v) is 11.5. The van der Waals surface area contributed by atoms with Crippen LogP contribution >= 0.6 is 0 Å². The quantitative estimate of drug-likeness (QED) is 0.741. The van der Waals surface area contributed by atoms with Crippen molar-refractivity contribution in [3.8, 4) is 5.75 Å². The molecule has 0 fully saturated rings. The second-order valence-electron chi connectivity index (χ2n) is 3.81. The fourth-order valence-corrected chi connectivity index (χ4v) is 2.56. The van der Waals surface area contributed by atoms with Gasteiger partial charge >= 0.3 is 0 Å². The number of sulfonamides is 1. The lowest BCUT2D eigenvalue weighted by atomic mass is 10.3. The summed E-state index contributed by atoms with van der Waals surface area (Å²) in [6, 6.07) is 4.39. The molecule has 0 aliphatic carbocycles. The van der Waals surface area contributed by atoms with Crippen LogP contribution in [0.15, 0.2) is 23.1 Å². The van der Waals surface area contributed by atoms with Gasteiger partial charge in [0, 0.05) is 25.4 Å². The van der Waals surface area contributed by atoms with E-state index in [0.717, 1.165) is 0 Å². The summed E-state index contributed by atoms with van der Waals surface area (Å²) in [5.41, 5.74) is 6.02. The molecule has 102 valence electrons. The van der Waals surface area contributed by atoms with Gasteiger partial charge in [-0.3, -0.25) is 0 Å². The molecule has 1 rings (SSSR count). The second kappa shape index (κ2) is 6.03. The Kier molecular flexibility index (Phi) is 4.94. The molecule has 7 heteroatoms. The van der Waals surface area contributed by atoms with Crippen LogP contribution in [0, 0.1) is 0 Å². The maximum atomic E-state index is 12.1. The van der Waals surface area contributed by atoms with Crippen LogP contribution in [0.25, 0.3) is 0 Å². The lowest BCUT2D eigenvalue weighted by molar-refractivity contribution is 0.122. The van der Waals surface area contributed by atoms with E-state index in [-0.39, 0.29) is 23.3 Å². The van der Waals surface area contributed by atoms with Gasteiger partial charge in [0.1, 0.15) is 10.6 Å². The van der Waals surface area contributed by atoms with E-state index in [1.54, 1.807) is 6.92 Å². The van der Waals surface area contributed by atoms with Gasteiger partial charge in [0.15, 0.2) is 0 Å². The summed E-state index contributed by atoms with van der Waals surface area (Å²) < 4.78 is 36.6. The third-order valence-corrected chi connectivity index (χ3v) is 3.90. The highest BCUT2D eigenvalue weighted by molar-refractivity contribution is 7.89. The van der Waals surface area contributed by atoms with E-state index in [0.29, 0.717) is 5.69 Å². The van der Waals surface area contributed by atoms with E-state index in [4.69, 9.17) is 15.2 Å². The summed E-state index contributed by atoms with van der Waals surface area (Å²) >= 11 is 0. The van der Waals surface area contributed by atoms with E-state index < -0.39 is 10.0 Å². The van der Waals surface area contributed by atoms with Gasteiger partial charge in [-0.2, -0.15) is 0 Å². The molecule has 3 N–H and O–H groups in total. The van der Waals surface area contributed by atoms with E-state index in [2.05, 4.69) is 4.72 Å². The minimum absolute atomic E-state index is 0.0579. The zero-order valence-electron chi connectivity index (χ0n) is 10.6. The minimum Gasteiger partial charge on any atom is -0.495 e. The fraction of sp³-hybridized carbons (Fsp3) is 0.455. The van der Waals surface area contributed by atoms with Crippen molar-refractivity contribution < 1.29 is 17.9 Å². The topological polar surface area (TPSA) is 90.7 Å². The van der Waals surface area contributed by atoms with Crippen molar-refractivity contribution in [3.63, 3.8) is 0 Å². The molecule has 0 amide bonds. The van der Waals surface area contributed by atoms with Crippen molar-refractivity contribution in [2.24, 2.45) is 0 Å². The van der Waals surface area contributed by atoms with E-state index in [9.17, 15) is 8.42 Å². The Labute approximate surface area is 107 Å². The van der Waals surface area contributed by atoms with Crippen molar-refractivity contribution in [2.45, 2.75) is 17.9 Å². The van der Waals surface area contributed by atoms with Gasteiger partial charge in [-0.25, -0.2) is 13.1 Å². The van der Waals surface area contributed by atoms with Crippen LogP contribution in [-0.2, 0) is 14.8 Å². The van der Waals surface area contributed by atoms with Crippen LogP contribution in [-0.4, -0.2) is 35.3 Å². The number of ether oxygens (including phenoxy) is 2. The van der Waals surface area contributed by atoms with E-state index in [1.807, 2.05) is 0 Å². The van der Waals surface area contributed by atoms with Gasteiger partial charge in [0.05, 0.1) is 13.2 Å². The minimum atomic E-state index is -3.64. The summed E-state index contributed by atoms with van der Waals surface area (Å²) in [6.45, 7) is 1.95. The third kappa shape index (κ3) is 3.59. The number of anilines is 1. The third-order valence-electron chi connectivity index (χ3n) is 2.44. The zero-order chi connectivity index (χ0) is 13.8. The number of nitrogens with one attached hydrogen (secondary N) is 1. The summed E-state index contributed by atoms with van der Waals surface area (Å²) in [5.74, 6) is 0.215. The fourth-order valence-electron chi connectivity index (χ4n) is 1.29. The normalized spacial score (nSPS) is 13.3. The molecule has 0 aliphatic rings. The van der Waals surface area contributed by atoms with Crippen molar-refractivity contribution in [1.29, 1.82) is 0 Å². The molecular weight excluding hydrogens is 256 g/mol. The predicted molar refractivity (Wildman–Crippen MR) is 69.1 cm³/mol. The molecule has 0 radical (unpaired) electrons. The predicted octanol–water partition coefficient (Wildman–Crippen LogP) is 0.591. The Morgan fingerprint density at radius 2 is 2.06 bits per heavy atom. The Morgan fingerprint density at radius 1 is 1.39 bits per heavy atom. The molecule has 6 nitrogen and oxygen atoms in total. The first-order chi connectivity index (χ1) is 8.40. The number of hydrogen-bond donors (Lipinski definition) is 2. The molecule has 0 saturated carbocycles. The van der Waals surface area contributed by atoms with Crippen molar-refractivity contribution in [1.82, 2.24) is 4.72 Å². The number of hydrogen-bond acceptors (Lipinski definition) is 5. The number of methoxy groups -OCH3 is 2. The number of nitrogen functional groups attached to an aromatic ring is 1. The molecule has 1 atom stereocenters. The van der Waals surface area contributed by atoms with Crippen LogP contribution in [0.2, 0.25) is 0 Å². The van der Waals surface area contributed by atoms with Crippen molar-refractivity contribution in [2.75, 3.05) is 26.5 Å². The average molecular weight is 274 g/mol. The largest absolute Gasteiger partial charge is 0.495 e.